The van der Waals surface area contributed by atoms with Crippen LogP contribution in [0.2, 0.25) is 0 Å². The maximum atomic E-state index is 11.3. The van der Waals surface area contributed by atoms with Gasteiger partial charge in [-0.15, -0.1) is 11.8 Å². The van der Waals surface area contributed by atoms with E-state index in [-0.39, 0.29) is 0 Å². The molecule has 0 radical (unpaired) electrons. The van der Waals surface area contributed by atoms with Gasteiger partial charge in [0, 0.05) is 11.2 Å². The SMILES string of the molecule is CC(N)(CCCCSc1ccc(S(C)(=O)=O)cc1)C(N)=O. The fourth-order valence-corrected chi connectivity index (χ4v) is 3.23. The van der Waals surface area contributed by atoms with E-state index in [1.54, 1.807) is 43.0 Å². The van der Waals surface area contributed by atoms with Crippen molar-refractivity contribution in [1.29, 1.82) is 0 Å². The molecule has 5 nitrogen and oxygen atoms in total. The highest BCUT2D eigenvalue weighted by molar-refractivity contribution is 7.99. The van der Waals surface area contributed by atoms with E-state index < -0.39 is 21.3 Å². The predicted molar refractivity (Wildman–Crippen MR) is 85.9 cm³/mol. The Morgan fingerprint density at radius 1 is 1.24 bits per heavy atom. The third-order valence-electron chi connectivity index (χ3n) is 3.17. The van der Waals surface area contributed by atoms with Crippen molar-refractivity contribution >= 4 is 27.5 Å². The summed E-state index contributed by atoms with van der Waals surface area (Å²) in [5.74, 6) is 0.402. The summed E-state index contributed by atoms with van der Waals surface area (Å²) < 4.78 is 22.7. The average molecular weight is 330 g/mol. The average Bonchev–Trinajstić information content (AvgIpc) is 2.37. The molecule has 0 aliphatic carbocycles. The van der Waals surface area contributed by atoms with Gasteiger partial charge in [-0.05, 0) is 49.8 Å². The van der Waals surface area contributed by atoms with Crippen LogP contribution in [0.15, 0.2) is 34.1 Å². The van der Waals surface area contributed by atoms with Crippen LogP contribution in [0.5, 0.6) is 0 Å². The van der Waals surface area contributed by atoms with Crippen LogP contribution in [0.1, 0.15) is 26.2 Å². The predicted octanol–water partition coefficient (Wildman–Crippen LogP) is 1.56. The summed E-state index contributed by atoms with van der Waals surface area (Å²) in [4.78, 5) is 12.4. The molecule has 4 N–H and O–H groups in total. The number of rotatable bonds is 8. The number of amides is 1. The molecule has 0 spiro atoms. The number of hydrogen-bond donors (Lipinski definition) is 2. The zero-order chi connectivity index (χ0) is 16.1. The Kier molecular flexibility index (Phi) is 6.24. The molecule has 1 amide bonds. The summed E-state index contributed by atoms with van der Waals surface area (Å²) in [6, 6.07) is 6.83. The molecule has 1 atom stereocenters. The first-order chi connectivity index (χ1) is 9.63. The molecule has 0 saturated heterocycles. The summed E-state index contributed by atoms with van der Waals surface area (Å²) in [6.07, 6.45) is 3.50. The van der Waals surface area contributed by atoms with E-state index in [1.165, 1.54) is 6.26 Å². The molecule has 0 aliphatic heterocycles. The highest BCUT2D eigenvalue weighted by Crippen LogP contribution is 2.22. The quantitative estimate of drug-likeness (QED) is 0.556. The third-order valence-corrected chi connectivity index (χ3v) is 5.40. The number of nitrogens with two attached hydrogens (primary N) is 2. The largest absolute Gasteiger partial charge is 0.368 e. The van der Waals surface area contributed by atoms with Crippen molar-refractivity contribution in [1.82, 2.24) is 0 Å². The van der Waals surface area contributed by atoms with E-state index in [1.807, 2.05) is 0 Å². The Hall–Kier alpha value is -1.05. The van der Waals surface area contributed by atoms with Crippen molar-refractivity contribution in [3.8, 4) is 0 Å². The number of carbonyl (C=O) groups is 1. The molecule has 118 valence electrons. The fraction of sp³-hybridized carbons (Fsp3) is 0.500. The van der Waals surface area contributed by atoms with Crippen LogP contribution in [0, 0.1) is 0 Å². The van der Waals surface area contributed by atoms with Crippen molar-refractivity contribution in [2.24, 2.45) is 11.5 Å². The minimum absolute atomic E-state index is 0.326. The zero-order valence-electron chi connectivity index (χ0n) is 12.3. The van der Waals surface area contributed by atoms with Crippen molar-refractivity contribution in [2.45, 2.75) is 41.5 Å². The van der Waals surface area contributed by atoms with E-state index in [0.717, 1.165) is 23.5 Å². The fourth-order valence-electron chi connectivity index (χ4n) is 1.69. The van der Waals surface area contributed by atoms with Gasteiger partial charge in [-0.3, -0.25) is 4.79 Å². The first kappa shape index (κ1) is 18.0. The van der Waals surface area contributed by atoms with Gasteiger partial charge in [-0.1, -0.05) is 6.42 Å². The highest BCUT2D eigenvalue weighted by Gasteiger charge is 2.24. The number of benzene rings is 1. The van der Waals surface area contributed by atoms with E-state index in [4.69, 9.17) is 11.5 Å². The van der Waals surface area contributed by atoms with Crippen LogP contribution >= 0.6 is 11.8 Å². The second kappa shape index (κ2) is 7.29. The Morgan fingerprint density at radius 3 is 2.29 bits per heavy atom. The lowest BCUT2D eigenvalue weighted by molar-refractivity contribution is -0.122. The van der Waals surface area contributed by atoms with Crippen molar-refractivity contribution in [3.05, 3.63) is 24.3 Å². The highest BCUT2D eigenvalue weighted by atomic mass is 32.2. The van der Waals surface area contributed by atoms with Gasteiger partial charge in [-0.25, -0.2) is 8.42 Å². The van der Waals surface area contributed by atoms with Crippen LogP contribution in [-0.2, 0) is 14.6 Å². The lowest BCUT2D eigenvalue weighted by Gasteiger charge is -2.19. The minimum atomic E-state index is -3.14. The third kappa shape index (κ3) is 6.07. The minimum Gasteiger partial charge on any atom is -0.368 e. The number of hydrogen-bond acceptors (Lipinski definition) is 5. The molecule has 0 heterocycles. The number of primary amides is 1. The van der Waals surface area contributed by atoms with E-state index in [9.17, 15) is 13.2 Å². The molecule has 0 bridgehead atoms. The first-order valence-corrected chi connectivity index (χ1v) is 9.52. The Balaban J connectivity index is 2.35. The molecule has 1 rings (SSSR count). The standard InChI is InChI=1S/C14H22N2O3S2/c1-14(16,13(15)17)9-3-4-10-20-11-5-7-12(8-6-11)21(2,18)19/h5-8H,3-4,9-10,16H2,1-2H3,(H2,15,17). The smallest absolute Gasteiger partial charge is 0.237 e. The summed E-state index contributed by atoms with van der Waals surface area (Å²) in [5, 5.41) is 0. The number of carbonyl (C=O) groups excluding carboxylic acids is 1. The van der Waals surface area contributed by atoms with Gasteiger partial charge in [0.15, 0.2) is 9.84 Å². The van der Waals surface area contributed by atoms with Gasteiger partial charge in [0.2, 0.25) is 5.91 Å². The van der Waals surface area contributed by atoms with Gasteiger partial charge in [0.25, 0.3) is 0 Å². The monoisotopic (exact) mass is 330 g/mol. The van der Waals surface area contributed by atoms with Gasteiger partial charge < -0.3 is 11.5 Å². The normalized spacial score (nSPS) is 14.6. The van der Waals surface area contributed by atoms with Crippen LogP contribution in [-0.4, -0.2) is 31.9 Å². The molecule has 7 heteroatoms. The lowest BCUT2D eigenvalue weighted by atomic mass is 9.96. The van der Waals surface area contributed by atoms with Crippen LogP contribution in [0.3, 0.4) is 0 Å². The van der Waals surface area contributed by atoms with E-state index >= 15 is 0 Å². The Bertz CT molecular complexity index is 581. The molecule has 21 heavy (non-hydrogen) atoms. The van der Waals surface area contributed by atoms with Gasteiger partial charge in [0.05, 0.1) is 10.4 Å². The van der Waals surface area contributed by atoms with Gasteiger partial charge in [0.1, 0.15) is 0 Å². The second-order valence-corrected chi connectivity index (χ2v) is 8.51. The molecular weight excluding hydrogens is 308 g/mol. The molecule has 0 fully saturated rings. The van der Waals surface area contributed by atoms with Crippen molar-refractivity contribution < 1.29 is 13.2 Å². The maximum absolute atomic E-state index is 11.3. The molecule has 0 aliphatic rings. The molecule has 1 aromatic carbocycles. The summed E-state index contributed by atoms with van der Waals surface area (Å²) in [7, 11) is -3.14. The Labute approximate surface area is 130 Å². The van der Waals surface area contributed by atoms with Crippen LogP contribution < -0.4 is 11.5 Å². The van der Waals surface area contributed by atoms with E-state index in [2.05, 4.69) is 0 Å². The van der Waals surface area contributed by atoms with Crippen molar-refractivity contribution in [2.75, 3.05) is 12.0 Å². The lowest BCUT2D eigenvalue weighted by Crippen LogP contribution is -2.49. The summed E-state index contributed by atoms with van der Waals surface area (Å²) in [5.41, 5.74) is 10.0. The van der Waals surface area contributed by atoms with Gasteiger partial charge >= 0.3 is 0 Å². The zero-order valence-corrected chi connectivity index (χ0v) is 14.0. The number of thioether (sulfide) groups is 1. The Morgan fingerprint density at radius 2 is 1.81 bits per heavy atom. The summed E-state index contributed by atoms with van der Waals surface area (Å²) in [6.45, 7) is 1.65. The van der Waals surface area contributed by atoms with Crippen LogP contribution in [0.4, 0.5) is 0 Å². The second-order valence-electron chi connectivity index (χ2n) is 5.33. The van der Waals surface area contributed by atoms with E-state index in [0.29, 0.717) is 11.3 Å². The molecule has 1 aromatic rings. The topological polar surface area (TPSA) is 103 Å². The molecular formula is C14H22N2O3S2. The first-order valence-electron chi connectivity index (χ1n) is 6.64. The van der Waals surface area contributed by atoms with Crippen molar-refractivity contribution in [3.63, 3.8) is 0 Å². The molecule has 0 aromatic heterocycles. The van der Waals surface area contributed by atoms with Gasteiger partial charge in [-0.2, -0.15) is 0 Å². The summed E-state index contributed by atoms with van der Waals surface area (Å²) >= 11 is 1.65. The maximum Gasteiger partial charge on any atom is 0.237 e. The molecule has 0 saturated carbocycles. The molecule has 1 unspecified atom stereocenters. The number of sulfone groups is 1. The van der Waals surface area contributed by atoms with Crippen LogP contribution in [0.25, 0.3) is 0 Å². The number of unbranched alkanes of at least 4 members (excludes halogenated alkanes) is 1.